The summed E-state index contributed by atoms with van der Waals surface area (Å²) in [5.74, 6) is -0.618. The number of aryl methyl sites for hydroxylation is 1. The number of nitrogens with one attached hydrogen (secondary N) is 2. The lowest BCUT2D eigenvalue weighted by atomic mass is 10.1. The van der Waals surface area contributed by atoms with Gasteiger partial charge in [0.25, 0.3) is 5.91 Å². The number of amides is 2. The summed E-state index contributed by atoms with van der Waals surface area (Å²) in [6.45, 7) is 3.40. The van der Waals surface area contributed by atoms with Crippen LogP contribution in [0.3, 0.4) is 0 Å². The van der Waals surface area contributed by atoms with E-state index in [1.807, 2.05) is 19.1 Å². The molecule has 2 aromatic rings. The SMILES string of the molecule is CC(=O)N1CC(Nc2ccc3[nH]c(C)cc(=O)c3c2)=CC1=O. The molecule has 22 heavy (non-hydrogen) atoms. The van der Waals surface area contributed by atoms with Crippen molar-refractivity contribution in [1.82, 2.24) is 9.88 Å². The third-order valence-corrected chi connectivity index (χ3v) is 3.54. The van der Waals surface area contributed by atoms with Crippen molar-refractivity contribution in [2.75, 3.05) is 11.9 Å². The number of rotatable bonds is 2. The van der Waals surface area contributed by atoms with Gasteiger partial charge in [0.1, 0.15) is 0 Å². The normalized spacial score (nSPS) is 14.4. The van der Waals surface area contributed by atoms with E-state index in [2.05, 4.69) is 10.3 Å². The minimum Gasteiger partial charge on any atom is -0.358 e. The first-order chi connectivity index (χ1) is 10.4. The van der Waals surface area contributed by atoms with Crippen molar-refractivity contribution in [1.29, 1.82) is 0 Å². The Morgan fingerprint density at radius 2 is 2.05 bits per heavy atom. The Labute approximate surface area is 126 Å². The molecule has 0 unspecified atom stereocenters. The van der Waals surface area contributed by atoms with E-state index in [0.29, 0.717) is 16.8 Å². The molecule has 0 bridgehead atoms. The van der Waals surface area contributed by atoms with Gasteiger partial charge in [-0.05, 0) is 25.1 Å². The molecule has 0 saturated carbocycles. The zero-order valence-electron chi connectivity index (χ0n) is 12.3. The highest BCUT2D eigenvalue weighted by Gasteiger charge is 2.24. The van der Waals surface area contributed by atoms with Gasteiger partial charge >= 0.3 is 0 Å². The molecule has 3 rings (SSSR count). The lowest BCUT2D eigenvalue weighted by Gasteiger charge is -2.13. The van der Waals surface area contributed by atoms with Crippen molar-refractivity contribution in [2.24, 2.45) is 0 Å². The molecule has 0 aliphatic carbocycles. The molecule has 0 spiro atoms. The number of aromatic nitrogens is 1. The number of fused-ring (bicyclic) bond motifs is 1. The Bertz CT molecular complexity index is 880. The van der Waals surface area contributed by atoms with Crippen LogP contribution < -0.4 is 10.7 Å². The molecule has 1 aliphatic heterocycles. The summed E-state index contributed by atoms with van der Waals surface area (Å²) in [6.07, 6.45) is 1.39. The molecule has 112 valence electrons. The predicted octanol–water partition coefficient (Wildman–Crippen LogP) is 1.52. The zero-order chi connectivity index (χ0) is 15.9. The van der Waals surface area contributed by atoms with Gasteiger partial charge in [0, 0.05) is 47.0 Å². The maximum Gasteiger partial charge on any atom is 0.255 e. The van der Waals surface area contributed by atoms with Gasteiger partial charge in [0.2, 0.25) is 5.91 Å². The largest absolute Gasteiger partial charge is 0.358 e. The number of imide groups is 1. The van der Waals surface area contributed by atoms with Crippen LogP contribution in [0.1, 0.15) is 12.6 Å². The predicted molar refractivity (Wildman–Crippen MR) is 83.4 cm³/mol. The number of H-pyrrole nitrogens is 1. The summed E-state index contributed by atoms with van der Waals surface area (Å²) in [5, 5.41) is 3.66. The van der Waals surface area contributed by atoms with Gasteiger partial charge in [-0.25, -0.2) is 0 Å². The van der Waals surface area contributed by atoms with Crippen LogP contribution in [0.5, 0.6) is 0 Å². The molecule has 2 N–H and O–H groups in total. The summed E-state index contributed by atoms with van der Waals surface area (Å²) in [6, 6.07) is 6.91. The Hall–Kier alpha value is -2.89. The monoisotopic (exact) mass is 297 g/mol. The third kappa shape index (κ3) is 2.50. The standard InChI is InChI=1S/C16H15N3O3/c1-9-5-15(21)13-6-11(3-4-14(13)17-9)18-12-7-16(22)19(8-12)10(2)20/h3-7,18H,8H2,1-2H3,(H,17,21). The van der Waals surface area contributed by atoms with Crippen LogP contribution in [0.25, 0.3) is 10.9 Å². The highest BCUT2D eigenvalue weighted by atomic mass is 16.2. The van der Waals surface area contributed by atoms with Gasteiger partial charge in [-0.2, -0.15) is 0 Å². The van der Waals surface area contributed by atoms with Crippen LogP contribution in [-0.4, -0.2) is 28.2 Å². The summed E-state index contributed by atoms with van der Waals surface area (Å²) >= 11 is 0. The molecule has 1 aliphatic rings. The summed E-state index contributed by atoms with van der Waals surface area (Å²) in [5.41, 5.74) is 2.84. The average molecular weight is 297 g/mol. The maximum atomic E-state index is 12.0. The van der Waals surface area contributed by atoms with Gasteiger partial charge in [-0.3, -0.25) is 19.3 Å². The number of anilines is 1. The summed E-state index contributed by atoms with van der Waals surface area (Å²) < 4.78 is 0. The average Bonchev–Trinajstić information content (AvgIpc) is 2.80. The Morgan fingerprint density at radius 1 is 1.27 bits per heavy atom. The number of pyridine rings is 1. The van der Waals surface area contributed by atoms with Crippen molar-refractivity contribution in [3.05, 3.63) is 52.0 Å². The topological polar surface area (TPSA) is 82.3 Å². The molecule has 0 fully saturated rings. The Balaban J connectivity index is 1.90. The van der Waals surface area contributed by atoms with E-state index >= 15 is 0 Å². The van der Waals surface area contributed by atoms with Crippen LogP contribution in [0.15, 0.2) is 40.8 Å². The first-order valence-corrected chi connectivity index (χ1v) is 6.87. The second-order valence-corrected chi connectivity index (χ2v) is 5.31. The van der Waals surface area contributed by atoms with E-state index < -0.39 is 0 Å². The number of hydrogen-bond donors (Lipinski definition) is 2. The van der Waals surface area contributed by atoms with Crippen molar-refractivity contribution >= 4 is 28.4 Å². The first kappa shape index (κ1) is 14.1. The second kappa shape index (κ2) is 5.14. The summed E-state index contributed by atoms with van der Waals surface area (Å²) in [4.78, 5) is 39.3. The number of hydrogen-bond acceptors (Lipinski definition) is 4. The van der Waals surface area contributed by atoms with Crippen LogP contribution >= 0.6 is 0 Å². The molecule has 2 heterocycles. The molecular formula is C16H15N3O3. The van der Waals surface area contributed by atoms with Crippen molar-refractivity contribution < 1.29 is 9.59 Å². The number of carbonyl (C=O) groups is 2. The number of nitrogens with zero attached hydrogens (tertiary/aromatic N) is 1. The molecule has 6 nitrogen and oxygen atoms in total. The summed E-state index contributed by atoms with van der Waals surface area (Å²) in [7, 11) is 0. The minimum absolute atomic E-state index is 0.0586. The van der Waals surface area contributed by atoms with Gasteiger partial charge in [-0.15, -0.1) is 0 Å². The molecular weight excluding hydrogens is 282 g/mol. The zero-order valence-corrected chi connectivity index (χ0v) is 12.3. The van der Waals surface area contributed by atoms with Gasteiger partial charge < -0.3 is 10.3 Å². The highest BCUT2D eigenvalue weighted by Crippen LogP contribution is 2.19. The smallest absolute Gasteiger partial charge is 0.255 e. The number of carbonyl (C=O) groups excluding carboxylic acids is 2. The fourth-order valence-corrected chi connectivity index (χ4v) is 2.51. The van der Waals surface area contributed by atoms with Gasteiger partial charge in [-0.1, -0.05) is 0 Å². The van der Waals surface area contributed by atoms with E-state index in [0.717, 1.165) is 16.1 Å². The Morgan fingerprint density at radius 3 is 2.73 bits per heavy atom. The van der Waals surface area contributed by atoms with Gasteiger partial charge in [0.05, 0.1) is 6.54 Å². The van der Waals surface area contributed by atoms with E-state index in [9.17, 15) is 14.4 Å². The second-order valence-electron chi connectivity index (χ2n) is 5.31. The van der Waals surface area contributed by atoms with Crippen LogP contribution in [0, 0.1) is 6.92 Å². The van der Waals surface area contributed by atoms with Crippen LogP contribution in [0.2, 0.25) is 0 Å². The van der Waals surface area contributed by atoms with E-state index in [-0.39, 0.29) is 23.8 Å². The van der Waals surface area contributed by atoms with E-state index in [4.69, 9.17) is 0 Å². The third-order valence-electron chi connectivity index (χ3n) is 3.54. The van der Waals surface area contributed by atoms with E-state index in [1.165, 1.54) is 13.0 Å². The van der Waals surface area contributed by atoms with Gasteiger partial charge in [0.15, 0.2) is 5.43 Å². The fourth-order valence-electron chi connectivity index (χ4n) is 2.51. The number of benzene rings is 1. The van der Waals surface area contributed by atoms with Crippen molar-refractivity contribution in [2.45, 2.75) is 13.8 Å². The first-order valence-electron chi connectivity index (χ1n) is 6.87. The highest BCUT2D eigenvalue weighted by molar-refractivity contribution is 6.03. The molecule has 0 radical (unpaired) electrons. The lowest BCUT2D eigenvalue weighted by molar-refractivity contribution is -0.138. The minimum atomic E-state index is -0.329. The molecule has 1 aromatic heterocycles. The van der Waals surface area contributed by atoms with Crippen molar-refractivity contribution in [3.63, 3.8) is 0 Å². The Kier molecular flexibility index (Phi) is 3.29. The lowest BCUT2D eigenvalue weighted by Crippen LogP contribution is -2.31. The molecule has 6 heteroatoms. The van der Waals surface area contributed by atoms with Crippen LogP contribution in [0.4, 0.5) is 5.69 Å². The van der Waals surface area contributed by atoms with Crippen LogP contribution in [-0.2, 0) is 9.59 Å². The quantitative estimate of drug-likeness (QED) is 0.880. The maximum absolute atomic E-state index is 12.0. The molecule has 0 saturated heterocycles. The van der Waals surface area contributed by atoms with Crippen molar-refractivity contribution in [3.8, 4) is 0 Å². The number of aromatic amines is 1. The molecule has 1 aromatic carbocycles. The molecule has 2 amide bonds. The molecule has 0 atom stereocenters. The fraction of sp³-hybridized carbons (Fsp3) is 0.188. The van der Waals surface area contributed by atoms with E-state index in [1.54, 1.807) is 12.1 Å².